The van der Waals surface area contributed by atoms with Crippen LogP contribution in [0.1, 0.15) is 37.7 Å². The summed E-state index contributed by atoms with van der Waals surface area (Å²) in [6, 6.07) is 17.6. The zero-order valence-electron chi connectivity index (χ0n) is 24.0. The molecule has 226 valence electrons. The molecule has 4 aromatic rings. The van der Waals surface area contributed by atoms with E-state index in [4.69, 9.17) is 21.4 Å². The lowest BCUT2D eigenvalue weighted by Gasteiger charge is -2.16. The highest BCUT2D eigenvalue weighted by atomic mass is 35.5. The number of aliphatic hydroxyl groups is 1. The Balaban J connectivity index is 1.27. The van der Waals surface area contributed by atoms with Crippen LogP contribution in [0.3, 0.4) is 0 Å². The number of ether oxygens (including phenoxy) is 1. The molecule has 3 heterocycles. The minimum atomic E-state index is -0.407. The summed E-state index contributed by atoms with van der Waals surface area (Å²) < 4.78 is 4.95. The molecule has 44 heavy (non-hydrogen) atoms. The molecule has 0 spiro atoms. The first-order valence-corrected chi connectivity index (χ1v) is 14.4. The van der Waals surface area contributed by atoms with Crippen molar-refractivity contribution in [2.45, 2.75) is 20.0 Å². The normalized spacial score (nSPS) is 12.6. The fraction of sp³-hybridized carbons (Fsp3) is 0.219. The molecule has 0 bridgehead atoms. The van der Waals surface area contributed by atoms with Gasteiger partial charge in [0.25, 0.3) is 11.8 Å². The van der Waals surface area contributed by atoms with E-state index in [0.29, 0.717) is 54.7 Å². The van der Waals surface area contributed by atoms with E-state index in [1.54, 1.807) is 59.8 Å². The van der Waals surface area contributed by atoms with Gasteiger partial charge in [0.2, 0.25) is 0 Å². The number of hydrogen-bond acceptors (Lipinski definition) is 8. The average molecular weight is 615 g/mol. The fourth-order valence-electron chi connectivity index (χ4n) is 4.69. The van der Waals surface area contributed by atoms with E-state index in [-0.39, 0.29) is 30.0 Å². The largest absolute Gasteiger partial charge is 0.448 e. The van der Waals surface area contributed by atoms with Gasteiger partial charge in [-0.05, 0) is 53.4 Å². The number of aromatic nitrogens is 2. The molecule has 1 saturated heterocycles. The van der Waals surface area contributed by atoms with Crippen LogP contribution in [0.15, 0.2) is 73.1 Å². The minimum Gasteiger partial charge on any atom is -0.448 e. The minimum absolute atomic E-state index is 0.0414. The van der Waals surface area contributed by atoms with Crippen LogP contribution in [-0.2, 0) is 17.8 Å². The zero-order valence-corrected chi connectivity index (χ0v) is 24.7. The van der Waals surface area contributed by atoms with E-state index < -0.39 is 5.91 Å². The van der Waals surface area contributed by atoms with Crippen molar-refractivity contribution in [1.29, 1.82) is 0 Å². The summed E-state index contributed by atoms with van der Waals surface area (Å²) in [6.45, 7) is 4.17. The van der Waals surface area contributed by atoms with Crippen LogP contribution in [0.25, 0.3) is 11.1 Å². The molecule has 2 aromatic carbocycles. The van der Waals surface area contributed by atoms with E-state index >= 15 is 0 Å². The van der Waals surface area contributed by atoms with E-state index in [1.807, 2.05) is 25.1 Å². The van der Waals surface area contributed by atoms with E-state index in [2.05, 4.69) is 25.9 Å². The number of carbonyl (C=O) groups excluding carboxylic acids is 3. The van der Waals surface area contributed by atoms with Gasteiger partial charge in [-0.2, -0.15) is 0 Å². The van der Waals surface area contributed by atoms with Crippen molar-refractivity contribution in [3.63, 3.8) is 0 Å². The molecule has 0 aliphatic carbocycles. The quantitative estimate of drug-likeness (QED) is 0.179. The highest BCUT2D eigenvalue weighted by Gasteiger charge is 2.22. The molecular formula is C32H31ClN6O5. The molecule has 1 aliphatic rings. The van der Waals surface area contributed by atoms with Crippen LogP contribution in [0.4, 0.5) is 16.2 Å². The maximum absolute atomic E-state index is 13.0. The van der Waals surface area contributed by atoms with Gasteiger partial charge in [0.15, 0.2) is 0 Å². The summed E-state index contributed by atoms with van der Waals surface area (Å²) >= 11 is 6.79. The predicted octanol–water partition coefficient (Wildman–Crippen LogP) is 4.64. The van der Waals surface area contributed by atoms with E-state index in [0.717, 1.165) is 22.3 Å². The van der Waals surface area contributed by atoms with E-state index in [9.17, 15) is 14.4 Å². The number of aliphatic hydroxyl groups excluding tert-OH is 1. The summed E-state index contributed by atoms with van der Waals surface area (Å²) in [6.07, 6.45) is 2.82. The van der Waals surface area contributed by atoms with Gasteiger partial charge in [-0.15, -0.1) is 0 Å². The number of cyclic esters (lactones) is 1. The number of halogens is 1. The summed E-state index contributed by atoms with van der Waals surface area (Å²) in [5.74, 6) is -0.789. The number of nitrogens with zero attached hydrogens (tertiary/aromatic N) is 3. The summed E-state index contributed by atoms with van der Waals surface area (Å²) in [4.78, 5) is 47.8. The summed E-state index contributed by atoms with van der Waals surface area (Å²) in [5.41, 5.74) is 5.39. The standard InChI is InChI=1S/C32H31ClN6O5/c1-20-23(4-2-6-25(20)37-30(41)28-11-9-22(18-36-28)19-39-13-15-44-32(39)43)24-5-3-7-26(29(24)33)38-31(42)27-10-8-21(17-35-27)16-34-12-14-40/h2-11,17-18,34,40H,12-16,19H2,1H3,(H,37,41)(H,38,42). The molecule has 12 heteroatoms. The van der Waals surface area contributed by atoms with Crippen LogP contribution in [-0.4, -0.2) is 64.2 Å². The molecule has 0 atom stereocenters. The molecule has 3 amide bonds. The molecule has 1 fully saturated rings. The average Bonchev–Trinajstić information content (AvgIpc) is 3.44. The van der Waals surface area contributed by atoms with Crippen LogP contribution in [0, 0.1) is 6.92 Å². The molecule has 11 nitrogen and oxygen atoms in total. The van der Waals surface area contributed by atoms with Crippen molar-refractivity contribution in [3.8, 4) is 11.1 Å². The van der Waals surface area contributed by atoms with Crippen molar-refractivity contribution in [3.05, 3.63) is 106 Å². The second kappa shape index (κ2) is 14.1. The third-order valence-electron chi connectivity index (χ3n) is 7.07. The Kier molecular flexibility index (Phi) is 9.80. The maximum atomic E-state index is 13.0. The van der Waals surface area contributed by atoms with Crippen molar-refractivity contribution in [2.75, 3.05) is 36.9 Å². The third kappa shape index (κ3) is 7.20. The highest BCUT2D eigenvalue weighted by Crippen LogP contribution is 2.37. The summed E-state index contributed by atoms with van der Waals surface area (Å²) in [7, 11) is 0. The first kappa shape index (κ1) is 30.6. The van der Waals surface area contributed by atoms with Crippen molar-refractivity contribution < 1.29 is 24.2 Å². The van der Waals surface area contributed by atoms with Gasteiger partial charge in [0, 0.05) is 36.7 Å². The van der Waals surface area contributed by atoms with Crippen LogP contribution in [0.5, 0.6) is 0 Å². The second-order valence-electron chi connectivity index (χ2n) is 10.1. The molecule has 2 aromatic heterocycles. The summed E-state index contributed by atoms with van der Waals surface area (Å²) in [5, 5.41) is 18.1. The zero-order chi connectivity index (χ0) is 31.1. The predicted molar refractivity (Wildman–Crippen MR) is 167 cm³/mol. The Morgan fingerprint density at radius 3 is 2.16 bits per heavy atom. The molecule has 1 aliphatic heterocycles. The Hall–Kier alpha value is -4.84. The van der Waals surface area contributed by atoms with Gasteiger partial charge in [0.05, 0.1) is 30.4 Å². The Morgan fingerprint density at radius 2 is 1.55 bits per heavy atom. The first-order valence-electron chi connectivity index (χ1n) is 14.0. The van der Waals surface area contributed by atoms with Crippen LogP contribution in [0.2, 0.25) is 5.02 Å². The Bertz CT molecular complexity index is 1660. The third-order valence-corrected chi connectivity index (χ3v) is 7.48. The number of anilines is 2. The lowest BCUT2D eigenvalue weighted by molar-refractivity contribution is 0.101. The molecule has 4 N–H and O–H groups in total. The highest BCUT2D eigenvalue weighted by molar-refractivity contribution is 6.36. The van der Waals surface area contributed by atoms with Crippen molar-refractivity contribution >= 4 is 40.9 Å². The number of pyridine rings is 2. The molecular weight excluding hydrogens is 584 g/mol. The van der Waals surface area contributed by atoms with Crippen molar-refractivity contribution in [1.82, 2.24) is 20.2 Å². The topological polar surface area (TPSA) is 146 Å². The number of benzene rings is 2. The lowest BCUT2D eigenvalue weighted by Crippen LogP contribution is -2.23. The number of nitrogens with one attached hydrogen (secondary N) is 3. The maximum Gasteiger partial charge on any atom is 0.410 e. The molecule has 0 radical (unpaired) electrons. The SMILES string of the molecule is Cc1c(NC(=O)c2ccc(CN3CCOC3=O)cn2)cccc1-c1cccc(NC(=O)c2ccc(CNCCO)cn2)c1Cl. The molecule has 0 unspecified atom stereocenters. The lowest BCUT2D eigenvalue weighted by atomic mass is 9.98. The molecule has 5 rings (SSSR count). The molecule has 0 saturated carbocycles. The van der Waals surface area contributed by atoms with Gasteiger partial charge in [0.1, 0.15) is 18.0 Å². The fourth-order valence-corrected chi connectivity index (χ4v) is 4.96. The van der Waals surface area contributed by atoms with Crippen LogP contribution < -0.4 is 16.0 Å². The van der Waals surface area contributed by atoms with Gasteiger partial charge in [-0.3, -0.25) is 19.6 Å². The van der Waals surface area contributed by atoms with Gasteiger partial charge < -0.3 is 30.7 Å². The Labute approximate surface area is 259 Å². The van der Waals surface area contributed by atoms with Gasteiger partial charge in [-0.1, -0.05) is 48.0 Å². The number of rotatable bonds is 11. The van der Waals surface area contributed by atoms with Gasteiger partial charge >= 0.3 is 6.09 Å². The second-order valence-corrected chi connectivity index (χ2v) is 10.5. The number of carbonyl (C=O) groups is 3. The van der Waals surface area contributed by atoms with Crippen LogP contribution >= 0.6 is 11.6 Å². The smallest absolute Gasteiger partial charge is 0.410 e. The number of hydrogen-bond donors (Lipinski definition) is 4. The first-order chi connectivity index (χ1) is 21.3. The Morgan fingerprint density at radius 1 is 0.909 bits per heavy atom. The number of amides is 3. The van der Waals surface area contributed by atoms with Crippen molar-refractivity contribution in [2.24, 2.45) is 0 Å². The monoisotopic (exact) mass is 614 g/mol. The van der Waals surface area contributed by atoms with E-state index in [1.165, 1.54) is 0 Å². The van der Waals surface area contributed by atoms with Gasteiger partial charge in [-0.25, -0.2) is 4.79 Å².